The molecule has 0 saturated carbocycles. The van der Waals surface area contributed by atoms with Gasteiger partial charge < -0.3 is 10.2 Å². The van der Waals surface area contributed by atoms with Crippen LogP contribution in [-0.2, 0) is 22.4 Å². The highest BCUT2D eigenvalue weighted by Crippen LogP contribution is 2.10. The maximum atomic E-state index is 10.5. The lowest BCUT2D eigenvalue weighted by Gasteiger charge is -2.05. The van der Waals surface area contributed by atoms with E-state index in [1.165, 1.54) is 6.20 Å². The van der Waals surface area contributed by atoms with Gasteiger partial charge in [0.25, 0.3) is 0 Å². The molecule has 1 aromatic heterocycles. The van der Waals surface area contributed by atoms with E-state index in [1.54, 1.807) is 13.0 Å². The lowest BCUT2D eigenvalue weighted by molar-refractivity contribution is -0.137. The number of pyridine rings is 1. The van der Waals surface area contributed by atoms with Crippen molar-refractivity contribution in [1.82, 2.24) is 4.98 Å². The summed E-state index contributed by atoms with van der Waals surface area (Å²) in [7, 11) is 0. The number of carboxylic acids is 2. The molecule has 0 aromatic carbocycles. The Morgan fingerprint density at radius 2 is 1.87 bits per heavy atom. The van der Waals surface area contributed by atoms with Gasteiger partial charge in [0, 0.05) is 6.20 Å². The topological polar surface area (TPSA) is 87.5 Å². The quantitative estimate of drug-likeness (QED) is 0.759. The molecule has 2 N–H and O–H groups in total. The van der Waals surface area contributed by atoms with Crippen LogP contribution in [0.25, 0.3) is 0 Å². The van der Waals surface area contributed by atoms with Gasteiger partial charge in [0.2, 0.25) is 0 Å². The van der Waals surface area contributed by atoms with Crippen LogP contribution in [0.2, 0.25) is 0 Å². The first-order valence-corrected chi connectivity index (χ1v) is 4.37. The van der Waals surface area contributed by atoms with Crippen molar-refractivity contribution in [3.63, 3.8) is 0 Å². The monoisotopic (exact) mass is 209 g/mol. The Kier molecular flexibility index (Phi) is 3.38. The average Bonchev–Trinajstić information content (AvgIpc) is 2.08. The summed E-state index contributed by atoms with van der Waals surface area (Å²) in [6.45, 7) is 1.78. The maximum Gasteiger partial charge on any atom is 0.309 e. The summed E-state index contributed by atoms with van der Waals surface area (Å²) in [6.07, 6.45) is 1.09. The van der Waals surface area contributed by atoms with Crippen LogP contribution >= 0.6 is 0 Å². The van der Waals surface area contributed by atoms with Crippen molar-refractivity contribution in [2.24, 2.45) is 0 Å². The van der Waals surface area contributed by atoms with Gasteiger partial charge in [-0.15, -0.1) is 0 Å². The molecule has 5 nitrogen and oxygen atoms in total. The summed E-state index contributed by atoms with van der Waals surface area (Å²) in [5.41, 5.74) is 1.60. The van der Waals surface area contributed by atoms with Crippen LogP contribution < -0.4 is 0 Å². The van der Waals surface area contributed by atoms with Crippen molar-refractivity contribution in [2.45, 2.75) is 19.8 Å². The third kappa shape index (κ3) is 3.38. The van der Waals surface area contributed by atoms with Gasteiger partial charge in [0.15, 0.2) is 0 Å². The molecule has 0 aliphatic heterocycles. The van der Waals surface area contributed by atoms with E-state index in [2.05, 4.69) is 4.98 Å². The number of aryl methyl sites for hydroxylation is 1. The number of hydrogen-bond donors (Lipinski definition) is 2. The van der Waals surface area contributed by atoms with E-state index >= 15 is 0 Å². The largest absolute Gasteiger partial charge is 0.481 e. The SMILES string of the molecule is Cc1cnc(CC(=O)O)c(CC(=O)O)c1. The molecule has 1 rings (SSSR count). The Bertz CT molecular complexity index is 400. The molecule has 0 aliphatic carbocycles. The third-order valence-corrected chi connectivity index (χ3v) is 1.86. The van der Waals surface area contributed by atoms with Crippen molar-refractivity contribution in [1.29, 1.82) is 0 Å². The highest BCUT2D eigenvalue weighted by atomic mass is 16.4. The molecule has 0 unspecified atom stereocenters. The highest BCUT2D eigenvalue weighted by Gasteiger charge is 2.11. The van der Waals surface area contributed by atoms with Crippen LogP contribution in [0.3, 0.4) is 0 Å². The van der Waals surface area contributed by atoms with Crippen molar-refractivity contribution in [3.05, 3.63) is 29.1 Å². The summed E-state index contributed by atoms with van der Waals surface area (Å²) in [6, 6.07) is 1.65. The Morgan fingerprint density at radius 1 is 1.27 bits per heavy atom. The molecule has 0 fully saturated rings. The molecule has 1 heterocycles. The van der Waals surface area contributed by atoms with Crippen molar-refractivity contribution < 1.29 is 19.8 Å². The second kappa shape index (κ2) is 4.54. The summed E-state index contributed by atoms with van der Waals surface area (Å²) in [5, 5.41) is 17.2. The molecule has 0 amide bonds. The van der Waals surface area contributed by atoms with Gasteiger partial charge in [-0.3, -0.25) is 14.6 Å². The fourth-order valence-corrected chi connectivity index (χ4v) is 1.28. The molecule has 0 radical (unpaired) electrons. The lowest BCUT2D eigenvalue weighted by Crippen LogP contribution is -2.10. The predicted molar refractivity (Wildman–Crippen MR) is 51.7 cm³/mol. The second-order valence-corrected chi connectivity index (χ2v) is 3.26. The standard InChI is InChI=1S/C10H11NO4/c1-6-2-7(3-9(12)13)8(11-5-6)4-10(14)15/h2,5H,3-4H2,1H3,(H,12,13)(H,14,15). The van der Waals surface area contributed by atoms with E-state index in [0.29, 0.717) is 11.3 Å². The highest BCUT2D eigenvalue weighted by molar-refractivity contribution is 5.73. The van der Waals surface area contributed by atoms with E-state index in [0.717, 1.165) is 5.56 Å². The summed E-state index contributed by atoms with van der Waals surface area (Å²) in [5.74, 6) is -2.01. The summed E-state index contributed by atoms with van der Waals surface area (Å²) >= 11 is 0. The first kappa shape index (κ1) is 11.2. The molecule has 0 aliphatic rings. The van der Waals surface area contributed by atoms with Crippen molar-refractivity contribution >= 4 is 11.9 Å². The normalized spacial score (nSPS) is 9.93. The summed E-state index contributed by atoms with van der Waals surface area (Å²) < 4.78 is 0. The molecule has 0 atom stereocenters. The zero-order valence-electron chi connectivity index (χ0n) is 8.23. The van der Waals surface area contributed by atoms with Gasteiger partial charge in [0.05, 0.1) is 18.5 Å². The molecule has 5 heteroatoms. The Balaban J connectivity index is 3.02. The molecule has 0 bridgehead atoms. The van der Waals surface area contributed by atoms with E-state index in [9.17, 15) is 9.59 Å². The van der Waals surface area contributed by atoms with Gasteiger partial charge in [-0.25, -0.2) is 0 Å². The van der Waals surface area contributed by atoms with Crippen LogP contribution in [0.15, 0.2) is 12.3 Å². The van der Waals surface area contributed by atoms with E-state index in [-0.39, 0.29) is 12.8 Å². The smallest absolute Gasteiger partial charge is 0.309 e. The average molecular weight is 209 g/mol. The Labute approximate surface area is 86.4 Å². The van der Waals surface area contributed by atoms with Gasteiger partial charge in [-0.1, -0.05) is 6.07 Å². The lowest BCUT2D eigenvalue weighted by atomic mass is 10.1. The van der Waals surface area contributed by atoms with Gasteiger partial charge in [0.1, 0.15) is 0 Å². The predicted octanol–water partition coefficient (Wildman–Crippen LogP) is 0.644. The van der Waals surface area contributed by atoms with Crippen molar-refractivity contribution in [3.8, 4) is 0 Å². The second-order valence-electron chi connectivity index (χ2n) is 3.26. The van der Waals surface area contributed by atoms with Crippen LogP contribution in [-0.4, -0.2) is 27.1 Å². The van der Waals surface area contributed by atoms with Crippen molar-refractivity contribution in [2.75, 3.05) is 0 Å². The zero-order valence-corrected chi connectivity index (χ0v) is 8.23. The first-order valence-electron chi connectivity index (χ1n) is 4.37. The first-order chi connectivity index (χ1) is 6.99. The zero-order chi connectivity index (χ0) is 11.4. The van der Waals surface area contributed by atoms with Crippen LogP contribution in [0.1, 0.15) is 16.8 Å². The number of aliphatic carboxylic acids is 2. The Morgan fingerprint density at radius 3 is 2.40 bits per heavy atom. The van der Waals surface area contributed by atoms with Gasteiger partial charge in [-0.05, 0) is 18.1 Å². The number of carboxylic acid groups (broad SMARTS) is 2. The molecule has 1 aromatic rings. The molecule has 0 spiro atoms. The van der Waals surface area contributed by atoms with E-state index in [1.807, 2.05) is 0 Å². The molecule has 0 saturated heterocycles. The summed E-state index contributed by atoms with van der Waals surface area (Å²) in [4.78, 5) is 25.0. The number of carbonyl (C=O) groups is 2. The number of hydrogen-bond acceptors (Lipinski definition) is 3. The number of rotatable bonds is 4. The van der Waals surface area contributed by atoms with Gasteiger partial charge in [-0.2, -0.15) is 0 Å². The van der Waals surface area contributed by atoms with Crippen LogP contribution in [0.5, 0.6) is 0 Å². The fraction of sp³-hybridized carbons (Fsp3) is 0.300. The number of nitrogens with zero attached hydrogens (tertiary/aromatic N) is 1. The maximum absolute atomic E-state index is 10.5. The molecule has 15 heavy (non-hydrogen) atoms. The van der Waals surface area contributed by atoms with Crippen LogP contribution in [0.4, 0.5) is 0 Å². The van der Waals surface area contributed by atoms with Crippen LogP contribution in [0, 0.1) is 6.92 Å². The third-order valence-electron chi connectivity index (χ3n) is 1.86. The molecule has 80 valence electrons. The van der Waals surface area contributed by atoms with Gasteiger partial charge >= 0.3 is 11.9 Å². The minimum absolute atomic E-state index is 0.197. The van der Waals surface area contributed by atoms with E-state index in [4.69, 9.17) is 10.2 Å². The molecular weight excluding hydrogens is 198 g/mol. The minimum atomic E-state index is -1.02. The molecular formula is C10H11NO4. The minimum Gasteiger partial charge on any atom is -0.481 e. The number of aromatic nitrogens is 1. The fourth-order valence-electron chi connectivity index (χ4n) is 1.28. The Hall–Kier alpha value is -1.91. The van der Waals surface area contributed by atoms with E-state index < -0.39 is 11.9 Å².